The van der Waals surface area contributed by atoms with Gasteiger partial charge in [-0.3, -0.25) is 14.2 Å². The van der Waals surface area contributed by atoms with Gasteiger partial charge in [-0.2, -0.15) is 0 Å². The lowest BCUT2D eigenvalue weighted by Crippen LogP contribution is -2.42. The molecule has 36 heavy (non-hydrogen) atoms. The Labute approximate surface area is 216 Å². The van der Waals surface area contributed by atoms with Crippen molar-refractivity contribution in [2.75, 3.05) is 6.61 Å². The fourth-order valence-electron chi connectivity index (χ4n) is 3.28. The number of thiophene rings is 1. The molecule has 0 spiro atoms. The minimum Gasteiger partial charge on any atom is -0.462 e. The van der Waals surface area contributed by atoms with E-state index in [0.29, 0.717) is 10.4 Å². The summed E-state index contributed by atoms with van der Waals surface area (Å²) in [5.41, 5.74) is 0.684. The lowest BCUT2D eigenvalue weighted by Gasteiger charge is -2.27. The molecular weight excluding hydrogens is 503 g/mol. The second kappa shape index (κ2) is 13.1. The molecule has 0 fully saturated rings. The molecule has 2 aromatic rings. The van der Waals surface area contributed by atoms with Crippen LogP contribution in [0.15, 0.2) is 36.9 Å². The Balaban J connectivity index is 2.31. The normalized spacial score (nSPS) is 13.4. The molecule has 1 aromatic carbocycles. The van der Waals surface area contributed by atoms with Gasteiger partial charge in [-0.1, -0.05) is 18.7 Å². The van der Waals surface area contributed by atoms with Gasteiger partial charge in [0, 0.05) is 4.70 Å². The minimum atomic E-state index is -3.55. The number of carbonyl (C=O) groups is 3. The molecule has 0 aliphatic rings. The second-order valence-electron chi connectivity index (χ2n) is 8.94. The largest absolute Gasteiger partial charge is 0.462 e. The predicted octanol–water partition coefficient (Wildman–Crippen LogP) is 4.80. The van der Waals surface area contributed by atoms with Crippen LogP contribution in [0.5, 0.6) is 0 Å². The van der Waals surface area contributed by atoms with Crippen LogP contribution < -0.4 is 10.2 Å². The third-order valence-electron chi connectivity index (χ3n) is 4.73. The maximum absolute atomic E-state index is 14.0. The second-order valence-corrected chi connectivity index (χ2v) is 12.3. The summed E-state index contributed by atoms with van der Waals surface area (Å²) in [6.45, 7) is 13.7. The van der Waals surface area contributed by atoms with Crippen molar-refractivity contribution in [2.45, 2.75) is 72.0 Å². The van der Waals surface area contributed by atoms with E-state index in [9.17, 15) is 18.9 Å². The molecule has 0 saturated heterocycles. The zero-order valence-electron chi connectivity index (χ0n) is 21.5. The Hall–Kier alpha value is -2.52. The Morgan fingerprint density at radius 1 is 0.972 bits per heavy atom. The Morgan fingerprint density at radius 2 is 1.53 bits per heavy atom. The van der Waals surface area contributed by atoms with Crippen LogP contribution in [0.25, 0.3) is 10.1 Å². The molecule has 2 atom stereocenters. The number of benzene rings is 1. The number of hydrogen-bond acceptors (Lipinski definition) is 8. The molecule has 198 valence electrons. The molecule has 0 amide bonds. The number of nitrogens with one attached hydrogen (secondary N) is 2. The summed E-state index contributed by atoms with van der Waals surface area (Å²) in [4.78, 5) is 37.4. The van der Waals surface area contributed by atoms with Crippen LogP contribution in [-0.4, -0.2) is 48.8 Å². The van der Waals surface area contributed by atoms with Crippen molar-refractivity contribution < 1.29 is 33.2 Å². The van der Waals surface area contributed by atoms with Crippen molar-refractivity contribution >= 4 is 46.8 Å². The van der Waals surface area contributed by atoms with Gasteiger partial charge in [-0.15, -0.1) is 11.3 Å². The molecule has 1 heterocycles. The zero-order valence-corrected chi connectivity index (χ0v) is 23.2. The van der Waals surface area contributed by atoms with E-state index >= 15 is 0 Å². The average Bonchev–Trinajstić information content (AvgIpc) is 3.19. The monoisotopic (exact) mass is 538 g/mol. The highest BCUT2D eigenvalue weighted by atomic mass is 32.1. The number of rotatable bonds is 13. The van der Waals surface area contributed by atoms with Crippen molar-refractivity contribution in [1.29, 1.82) is 0 Å². The van der Waals surface area contributed by atoms with E-state index in [1.54, 1.807) is 53.7 Å². The van der Waals surface area contributed by atoms with Crippen LogP contribution in [0, 0.1) is 0 Å². The van der Waals surface area contributed by atoms with Gasteiger partial charge in [0.1, 0.15) is 23.6 Å². The van der Waals surface area contributed by atoms with E-state index in [2.05, 4.69) is 16.8 Å². The molecule has 0 aliphatic heterocycles. The number of esters is 3. The van der Waals surface area contributed by atoms with E-state index < -0.39 is 37.4 Å². The molecular formula is C25H35N2O7PS. The van der Waals surface area contributed by atoms with Crippen LogP contribution in [0.2, 0.25) is 0 Å². The number of hydrogen-bond donors (Lipinski definition) is 2. The maximum Gasteiger partial charge on any atom is 0.348 e. The van der Waals surface area contributed by atoms with Crippen molar-refractivity contribution in [2.24, 2.45) is 0 Å². The smallest absolute Gasteiger partial charge is 0.348 e. The molecule has 0 radical (unpaired) electrons. The molecule has 0 aliphatic carbocycles. The number of fused-ring (bicyclic) bond motifs is 1. The molecule has 1 aromatic heterocycles. The van der Waals surface area contributed by atoms with Crippen LogP contribution >= 0.6 is 18.8 Å². The summed E-state index contributed by atoms with van der Waals surface area (Å²) < 4.78 is 30.5. The van der Waals surface area contributed by atoms with Gasteiger partial charge in [-0.25, -0.2) is 15.0 Å². The fourth-order valence-corrected chi connectivity index (χ4v) is 6.65. The summed E-state index contributed by atoms with van der Waals surface area (Å²) in [5, 5.41) is 6.51. The summed E-state index contributed by atoms with van der Waals surface area (Å²) in [6, 6.07) is 5.37. The first kappa shape index (κ1) is 29.7. The first-order valence-corrected chi connectivity index (χ1v) is 14.4. The lowest BCUT2D eigenvalue weighted by atomic mass is 10.2. The highest BCUT2D eigenvalue weighted by molar-refractivity contribution is 7.59. The van der Waals surface area contributed by atoms with Crippen LogP contribution in [0.1, 0.15) is 56.8 Å². The van der Waals surface area contributed by atoms with E-state index in [0.717, 1.165) is 10.1 Å². The third kappa shape index (κ3) is 8.85. The summed E-state index contributed by atoms with van der Waals surface area (Å²) in [7, 11) is -3.55. The van der Waals surface area contributed by atoms with Gasteiger partial charge >= 0.3 is 17.9 Å². The van der Waals surface area contributed by atoms with E-state index in [-0.39, 0.29) is 25.0 Å². The highest BCUT2D eigenvalue weighted by Crippen LogP contribution is 2.43. The summed E-state index contributed by atoms with van der Waals surface area (Å²) >= 11 is 1.29. The maximum atomic E-state index is 14.0. The molecule has 11 heteroatoms. The van der Waals surface area contributed by atoms with Gasteiger partial charge < -0.3 is 14.2 Å². The third-order valence-corrected chi connectivity index (χ3v) is 8.25. The lowest BCUT2D eigenvalue weighted by molar-refractivity contribution is -0.149. The van der Waals surface area contributed by atoms with E-state index in [1.807, 2.05) is 12.1 Å². The number of ether oxygens (including phenoxy) is 3. The zero-order chi connectivity index (χ0) is 27.0. The van der Waals surface area contributed by atoms with Crippen LogP contribution in [0.4, 0.5) is 0 Å². The predicted molar refractivity (Wildman–Crippen MR) is 141 cm³/mol. The minimum absolute atomic E-state index is 0.00632. The highest BCUT2D eigenvalue weighted by Gasteiger charge is 2.32. The van der Waals surface area contributed by atoms with E-state index in [4.69, 9.17) is 14.2 Å². The van der Waals surface area contributed by atoms with Crippen molar-refractivity contribution in [3.05, 3.63) is 47.4 Å². The summed E-state index contributed by atoms with van der Waals surface area (Å²) in [6.07, 6.45) is 0.828. The molecule has 2 N–H and O–H groups in total. The van der Waals surface area contributed by atoms with Gasteiger partial charge in [0.15, 0.2) is 0 Å². The van der Waals surface area contributed by atoms with E-state index in [1.165, 1.54) is 17.4 Å². The first-order chi connectivity index (χ1) is 16.8. The van der Waals surface area contributed by atoms with Gasteiger partial charge in [0.25, 0.3) is 0 Å². The topological polar surface area (TPSA) is 120 Å². The van der Waals surface area contributed by atoms with Gasteiger partial charge in [-0.05, 0) is 70.7 Å². The standard InChI is InChI=1S/C25H35N2O7PS/c1-8-11-32-25(30)22-13-20-12-19(9-10-21(20)36-22)14-35(31,26-17(6)23(28)33-15(2)3)27-18(7)24(29)34-16(4)5/h8-10,12-13,15-18H,1,11,14H2,2-7H3,(H2,26,27,31)/t17-,18-/m0/s1. The van der Waals surface area contributed by atoms with Crippen molar-refractivity contribution in [3.63, 3.8) is 0 Å². The molecule has 0 unspecified atom stereocenters. The Bertz CT molecular complexity index is 1110. The van der Waals surface area contributed by atoms with Gasteiger partial charge in [0.2, 0.25) is 7.44 Å². The first-order valence-electron chi connectivity index (χ1n) is 11.7. The fraction of sp³-hybridized carbons (Fsp3) is 0.480. The summed E-state index contributed by atoms with van der Waals surface area (Å²) in [5.74, 6) is -1.55. The number of carbonyl (C=O) groups excluding carboxylic acids is 3. The average molecular weight is 539 g/mol. The molecule has 0 saturated carbocycles. The molecule has 9 nitrogen and oxygen atoms in total. The Kier molecular flexibility index (Phi) is 10.8. The molecule has 2 rings (SSSR count). The van der Waals surface area contributed by atoms with Gasteiger partial charge in [0.05, 0.1) is 18.4 Å². The van der Waals surface area contributed by atoms with Crippen molar-refractivity contribution in [1.82, 2.24) is 10.2 Å². The quantitative estimate of drug-likeness (QED) is 0.160. The molecule has 0 bridgehead atoms. The Morgan fingerprint density at radius 3 is 2.03 bits per heavy atom. The van der Waals surface area contributed by atoms with Crippen LogP contribution in [0.3, 0.4) is 0 Å². The SMILES string of the molecule is C=CCOC(=O)c1cc2cc(CP(=O)(N[C@@H](C)C(=O)OC(C)C)N[C@@H](C)C(=O)OC(C)C)ccc2s1. The van der Waals surface area contributed by atoms with Crippen molar-refractivity contribution in [3.8, 4) is 0 Å². The van der Waals surface area contributed by atoms with Crippen LogP contribution in [-0.2, 0) is 34.5 Å².